The molecule has 1 saturated carbocycles. The summed E-state index contributed by atoms with van der Waals surface area (Å²) in [5.41, 5.74) is -2.01. The predicted octanol–water partition coefficient (Wildman–Crippen LogP) is -1.43. The van der Waals surface area contributed by atoms with E-state index in [1.54, 1.807) is 6.92 Å². The van der Waals surface area contributed by atoms with Crippen molar-refractivity contribution in [2.75, 3.05) is 0 Å². The van der Waals surface area contributed by atoms with E-state index in [1.807, 2.05) is 0 Å². The molecule has 18 heavy (non-hydrogen) atoms. The Morgan fingerprint density at radius 2 is 2.17 bits per heavy atom. The molecule has 2 heterocycles. The monoisotopic (exact) mass is 254 g/mol. The Labute approximate surface area is 102 Å². The summed E-state index contributed by atoms with van der Waals surface area (Å²) in [6.45, 7) is 1.74. The van der Waals surface area contributed by atoms with Gasteiger partial charge in [-0.1, -0.05) is 6.92 Å². The number of nitrogens with zero attached hydrogens (tertiary/aromatic N) is 1. The van der Waals surface area contributed by atoms with Gasteiger partial charge in [-0.3, -0.25) is 14.3 Å². The van der Waals surface area contributed by atoms with Crippen molar-refractivity contribution in [3.8, 4) is 0 Å². The zero-order valence-electron chi connectivity index (χ0n) is 9.74. The lowest BCUT2D eigenvalue weighted by molar-refractivity contribution is -0.0620. The minimum atomic E-state index is -0.945. The van der Waals surface area contributed by atoms with E-state index in [4.69, 9.17) is 4.74 Å². The zero-order chi connectivity index (χ0) is 13.1. The first-order chi connectivity index (χ1) is 8.45. The molecule has 2 fully saturated rings. The highest BCUT2D eigenvalue weighted by Crippen LogP contribution is 2.54. The molecular weight excluding hydrogens is 240 g/mol. The molecule has 0 radical (unpaired) electrons. The van der Waals surface area contributed by atoms with Gasteiger partial charge in [0.1, 0.15) is 11.8 Å². The van der Waals surface area contributed by atoms with Gasteiger partial charge in [0.25, 0.3) is 5.56 Å². The number of H-pyrrole nitrogens is 1. The molecule has 2 aliphatic rings. The van der Waals surface area contributed by atoms with E-state index >= 15 is 0 Å². The third-order valence-corrected chi connectivity index (χ3v) is 3.83. The van der Waals surface area contributed by atoms with Gasteiger partial charge in [-0.2, -0.15) is 0 Å². The Morgan fingerprint density at radius 3 is 2.67 bits per heavy atom. The molecule has 1 aromatic heterocycles. The predicted molar refractivity (Wildman–Crippen MR) is 60.0 cm³/mol. The molecule has 7 nitrogen and oxygen atoms in total. The van der Waals surface area contributed by atoms with Crippen LogP contribution < -0.4 is 11.2 Å². The summed E-state index contributed by atoms with van der Waals surface area (Å²) in [5.74, 6) is -0.342. The Kier molecular flexibility index (Phi) is 2.28. The second-order valence-corrected chi connectivity index (χ2v) is 5.00. The standard InChI is InChI=1S/C11H14N2O5/c1-5-8(16)11(4-6(11)14)18-9(5)13-3-2-7(15)12-10(13)17/h2-3,5-6,8-9,14,16H,4H2,1H3,(H,12,15,17)/t5-,6?,8-,9+,11+/m0/s1. The van der Waals surface area contributed by atoms with E-state index in [0.717, 1.165) is 0 Å². The van der Waals surface area contributed by atoms with Crippen LogP contribution in [0.3, 0.4) is 0 Å². The molecule has 5 atom stereocenters. The molecule has 1 aromatic rings. The molecule has 98 valence electrons. The number of aliphatic hydroxyl groups excluding tert-OH is 2. The fourth-order valence-corrected chi connectivity index (χ4v) is 2.63. The fraction of sp³-hybridized carbons (Fsp3) is 0.636. The van der Waals surface area contributed by atoms with E-state index in [2.05, 4.69) is 4.98 Å². The molecule has 1 unspecified atom stereocenters. The first kappa shape index (κ1) is 11.6. The van der Waals surface area contributed by atoms with Crippen LogP contribution in [0, 0.1) is 5.92 Å². The minimum Gasteiger partial charge on any atom is -0.390 e. The maximum atomic E-state index is 11.7. The highest BCUT2D eigenvalue weighted by molar-refractivity contribution is 5.16. The van der Waals surface area contributed by atoms with Crippen molar-refractivity contribution < 1.29 is 14.9 Å². The molecule has 0 bridgehead atoms. The molecule has 3 N–H and O–H groups in total. The molecule has 0 amide bonds. The lowest BCUT2D eigenvalue weighted by Gasteiger charge is -2.17. The fourth-order valence-electron chi connectivity index (χ4n) is 2.63. The van der Waals surface area contributed by atoms with E-state index in [-0.39, 0.29) is 5.92 Å². The average molecular weight is 254 g/mol. The number of rotatable bonds is 1. The second-order valence-electron chi connectivity index (χ2n) is 5.00. The Bertz CT molecular complexity index is 594. The first-order valence-electron chi connectivity index (χ1n) is 5.81. The molecule has 0 aromatic carbocycles. The Hall–Kier alpha value is -1.44. The van der Waals surface area contributed by atoms with E-state index < -0.39 is 35.3 Å². The molecule has 1 spiro atoms. The highest BCUT2D eigenvalue weighted by atomic mass is 16.6. The summed E-state index contributed by atoms with van der Waals surface area (Å²) in [7, 11) is 0. The van der Waals surface area contributed by atoms with Gasteiger partial charge in [0.2, 0.25) is 0 Å². The molecule has 1 aliphatic carbocycles. The van der Waals surface area contributed by atoms with E-state index in [1.165, 1.54) is 16.8 Å². The topological polar surface area (TPSA) is 105 Å². The van der Waals surface area contributed by atoms with Gasteiger partial charge >= 0.3 is 5.69 Å². The van der Waals surface area contributed by atoms with Crippen molar-refractivity contribution in [1.82, 2.24) is 9.55 Å². The number of ether oxygens (including phenoxy) is 1. The van der Waals surface area contributed by atoms with Crippen LogP contribution in [0.5, 0.6) is 0 Å². The minimum absolute atomic E-state index is 0.342. The van der Waals surface area contributed by atoms with Crippen LogP contribution in [0.25, 0.3) is 0 Å². The van der Waals surface area contributed by atoms with Crippen LogP contribution in [0.4, 0.5) is 0 Å². The number of nitrogens with one attached hydrogen (secondary N) is 1. The smallest absolute Gasteiger partial charge is 0.330 e. The quantitative estimate of drug-likeness (QED) is 0.569. The van der Waals surface area contributed by atoms with Crippen molar-refractivity contribution in [1.29, 1.82) is 0 Å². The van der Waals surface area contributed by atoms with Crippen molar-refractivity contribution in [2.24, 2.45) is 5.92 Å². The van der Waals surface area contributed by atoms with Gasteiger partial charge in [-0.25, -0.2) is 4.79 Å². The van der Waals surface area contributed by atoms with Gasteiger partial charge in [0.05, 0.1) is 12.2 Å². The number of hydrogen-bond donors (Lipinski definition) is 3. The van der Waals surface area contributed by atoms with Gasteiger partial charge in [-0.15, -0.1) is 0 Å². The third kappa shape index (κ3) is 1.41. The summed E-state index contributed by atoms with van der Waals surface area (Å²) in [6, 6.07) is 1.22. The van der Waals surface area contributed by atoms with Gasteiger partial charge in [0.15, 0.2) is 0 Å². The summed E-state index contributed by atoms with van der Waals surface area (Å²) < 4.78 is 6.88. The molecular formula is C11H14N2O5. The van der Waals surface area contributed by atoms with Crippen molar-refractivity contribution in [2.45, 2.75) is 37.4 Å². The van der Waals surface area contributed by atoms with Crippen LogP contribution in [-0.4, -0.2) is 37.6 Å². The molecule has 1 aliphatic heterocycles. The number of aromatic nitrogens is 2. The summed E-state index contributed by atoms with van der Waals surface area (Å²) in [6.07, 6.45) is -0.494. The third-order valence-electron chi connectivity index (χ3n) is 3.83. The molecule has 3 rings (SSSR count). The first-order valence-corrected chi connectivity index (χ1v) is 5.81. The second kappa shape index (κ2) is 3.53. The number of hydrogen-bond acceptors (Lipinski definition) is 5. The lowest BCUT2D eigenvalue weighted by atomic mass is 10.0. The van der Waals surface area contributed by atoms with Gasteiger partial charge < -0.3 is 14.9 Å². The largest absolute Gasteiger partial charge is 0.390 e. The van der Waals surface area contributed by atoms with Gasteiger partial charge in [0, 0.05) is 24.6 Å². The normalized spacial score (nSPS) is 42.4. The number of aromatic amines is 1. The Morgan fingerprint density at radius 1 is 1.50 bits per heavy atom. The average Bonchev–Trinajstić information content (AvgIpc) is 2.90. The summed E-state index contributed by atoms with van der Waals surface area (Å²) >= 11 is 0. The van der Waals surface area contributed by atoms with E-state index in [9.17, 15) is 19.8 Å². The van der Waals surface area contributed by atoms with Gasteiger partial charge in [-0.05, 0) is 0 Å². The molecule has 7 heteroatoms. The maximum absolute atomic E-state index is 11.7. The summed E-state index contributed by atoms with van der Waals surface area (Å²) in [5, 5.41) is 19.6. The lowest BCUT2D eigenvalue weighted by Crippen LogP contribution is -2.33. The zero-order valence-corrected chi connectivity index (χ0v) is 9.74. The van der Waals surface area contributed by atoms with Crippen molar-refractivity contribution in [3.05, 3.63) is 33.1 Å². The van der Waals surface area contributed by atoms with Crippen molar-refractivity contribution in [3.63, 3.8) is 0 Å². The van der Waals surface area contributed by atoms with Crippen LogP contribution in [0.1, 0.15) is 19.6 Å². The number of aliphatic hydroxyl groups is 2. The maximum Gasteiger partial charge on any atom is 0.330 e. The van der Waals surface area contributed by atoms with Crippen LogP contribution in [0.2, 0.25) is 0 Å². The summed E-state index contributed by atoms with van der Waals surface area (Å²) in [4.78, 5) is 24.8. The Balaban J connectivity index is 1.99. The van der Waals surface area contributed by atoms with Crippen LogP contribution in [0.15, 0.2) is 21.9 Å². The van der Waals surface area contributed by atoms with Crippen LogP contribution >= 0.6 is 0 Å². The van der Waals surface area contributed by atoms with E-state index in [0.29, 0.717) is 6.42 Å². The highest BCUT2D eigenvalue weighted by Gasteiger charge is 2.67. The van der Waals surface area contributed by atoms with Crippen molar-refractivity contribution >= 4 is 0 Å². The SMILES string of the molecule is C[C@@H]1[C@H](n2ccc(=O)[nH]c2=O)O[C@@]2(CC2O)[C@H]1O. The molecule has 1 saturated heterocycles. The van der Waals surface area contributed by atoms with Crippen LogP contribution in [-0.2, 0) is 4.74 Å².